The lowest BCUT2D eigenvalue weighted by molar-refractivity contribution is -0.160. The quantitative estimate of drug-likeness (QED) is 0.422. The summed E-state index contributed by atoms with van der Waals surface area (Å²) in [5.74, 6) is -0.355. The molecule has 1 aromatic heterocycles. The Hall–Kier alpha value is -2.48. The highest BCUT2D eigenvalue weighted by Gasteiger charge is 2.16. The molecule has 3 rings (SSSR count). The summed E-state index contributed by atoms with van der Waals surface area (Å²) in [6.07, 6.45) is 0. The molecule has 1 N–H and O–H groups in total. The Labute approximate surface area is 147 Å². The molecule has 0 fully saturated rings. The molecule has 25 heavy (non-hydrogen) atoms. The molecule has 0 saturated heterocycles. The van der Waals surface area contributed by atoms with Gasteiger partial charge in [-0.15, -0.1) is 0 Å². The minimum absolute atomic E-state index is 0.326. The second-order valence-electron chi connectivity index (χ2n) is 5.24. The third-order valence-electron chi connectivity index (χ3n) is 3.64. The van der Waals surface area contributed by atoms with E-state index in [1.807, 2.05) is 31.2 Å². The molecule has 0 aliphatic carbocycles. The maximum Gasteiger partial charge on any atom is 0.272 e. The Kier molecular flexibility index (Phi) is 5.28. The van der Waals surface area contributed by atoms with Crippen LogP contribution in [0.2, 0.25) is 0 Å². The molecule has 2 aromatic carbocycles. The smallest absolute Gasteiger partial charge is 0.267 e. The topological polar surface area (TPSA) is 64.2 Å². The van der Waals surface area contributed by atoms with Gasteiger partial charge in [0.2, 0.25) is 0 Å². The number of aryl methyl sites for hydroxylation is 1. The summed E-state index contributed by atoms with van der Waals surface area (Å²) in [6, 6.07) is 13.3. The second-order valence-corrected chi connectivity index (χ2v) is 6.01. The van der Waals surface area contributed by atoms with Gasteiger partial charge in [-0.05, 0) is 42.3 Å². The number of H-pyrrole nitrogens is 1. The Bertz CT molecular complexity index is 925. The molecule has 7 heteroatoms. The molecular weight excluding hydrogens is 343 g/mol. The van der Waals surface area contributed by atoms with Crippen molar-refractivity contribution in [3.05, 3.63) is 70.4 Å². The molecule has 0 atom stereocenters. The van der Waals surface area contributed by atoms with Crippen molar-refractivity contribution in [2.24, 2.45) is 0 Å². The molecule has 0 radical (unpaired) electrons. The summed E-state index contributed by atoms with van der Waals surface area (Å²) in [5, 5.41) is 6.56. The van der Waals surface area contributed by atoms with E-state index in [0.717, 1.165) is 22.5 Å². The molecule has 128 valence electrons. The Balaban J connectivity index is 2.11. The lowest BCUT2D eigenvalue weighted by Gasteiger charge is -2.12. The first-order valence-electron chi connectivity index (χ1n) is 7.43. The van der Waals surface area contributed by atoms with Crippen molar-refractivity contribution in [1.82, 2.24) is 10.2 Å². The summed E-state index contributed by atoms with van der Waals surface area (Å²) in [7, 11) is 1.43. The number of nitrogens with one attached hydrogen (secondary N) is 1. The fourth-order valence-electron chi connectivity index (χ4n) is 2.54. The number of hydrogen-bond acceptors (Lipinski definition) is 5. The van der Waals surface area contributed by atoms with Crippen LogP contribution in [0.4, 0.5) is 4.39 Å². The highest BCUT2D eigenvalue weighted by molar-refractivity contribution is 7.94. The first-order chi connectivity index (χ1) is 12.1. The Morgan fingerprint density at radius 1 is 1.00 bits per heavy atom. The number of hydrogen-bond donors (Lipinski definition) is 1. The van der Waals surface area contributed by atoms with Crippen molar-refractivity contribution in [2.75, 3.05) is 7.11 Å². The van der Waals surface area contributed by atoms with Crippen LogP contribution >= 0.6 is 12.0 Å². The first kappa shape index (κ1) is 17.3. The van der Waals surface area contributed by atoms with Crippen LogP contribution in [-0.2, 0) is 9.22 Å². The number of rotatable bonds is 5. The third-order valence-corrected chi connectivity index (χ3v) is 4.31. The zero-order valence-corrected chi connectivity index (χ0v) is 14.4. The predicted octanol–water partition coefficient (Wildman–Crippen LogP) is 4.14. The zero-order chi connectivity index (χ0) is 17.8. The molecule has 3 aromatic rings. The van der Waals surface area contributed by atoms with Crippen LogP contribution in [0, 0.1) is 12.7 Å². The van der Waals surface area contributed by atoms with E-state index in [-0.39, 0.29) is 11.4 Å². The van der Waals surface area contributed by atoms with E-state index in [2.05, 4.69) is 15.1 Å². The van der Waals surface area contributed by atoms with E-state index >= 15 is 0 Å². The second kappa shape index (κ2) is 7.60. The number of halogens is 1. The van der Waals surface area contributed by atoms with Gasteiger partial charge in [0.25, 0.3) is 5.56 Å². The van der Waals surface area contributed by atoms with Crippen LogP contribution in [0.25, 0.3) is 22.3 Å². The number of aromatic amines is 1. The van der Waals surface area contributed by atoms with E-state index in [1.54, 1.807) is 12.1 Å². The summed E-state index contributed by atoms with van der Waals surface area (Å²) >= 11 is 1.09. The van der Waals surface area contributed by atoms with Crippen LogP contribution in [-0.4, -0.2) is 17.3 Å². The molecular formula is C18H15FN2O3S. The lowest BCUT2D eigenvalue weighted by Crippen LogP contribution is -2.14. The molecule has 1 heterocycles. The highest BCUT2D eigenvalue weighted by atomic mass is 32.2. The summed E-state index contributed by atoms with van der Waals surface area (Å²) in [6.45, 7) is 1.81. The fraction of sp³-hybridized carbons (Fsp3) is 0.111. The average molecular weight is 358 g/mol. The molecule has 0 unspecified atom stereocenters. The summed E-state index contributed by atoms with van der Waals surface area (Å²) in [4.78, 5) is 17.8. The first-order valence-corrected chi connectivity index (χ1v) is 8.17. The van der Waals surface area contributed by atoms with Gasteiger partial charge in [0.1, 0.15) is 5.82 Å². The van der Waals surface area contributed by atoms with Crippen molar-refractivity contribution >= 4 is 12.0 Å². The maximum absolute atomic E-state index is 13.2. The largest absolute Gasteiger partial charge is 0.272 e. The molecule has 5 nitrogen and oxygen atoms in total. The van der Waals surface area contributed by atoms with Crippen LogP contribution in [0.5, 0.6) is 0 Å². The van der Waals surface area contributed by atoms with E-state index in [0.29, 0.717) is 22.4 Å². The van der Waals surface area contributed by atoms with Gasteiger partial charge in [-0.3, -0.25) is 4.79 Å². The van der Waals surface area contributed by atoms with Crippen LogP contribution in [0.15, 0.2) is 58.2 Å². The van der Waals surface area contributed by atoms with Gasteiger partial charge in [-0.2, -0.15) is 9.43 Å². The van der Waals surface area contributed by atoms with E-state index in [4.69, 9.17) is 4.33 Å². The Morgan fingerprint density at radius 3 is 2.24 bits per heavy atom. The van der Waals surface area contributed by atoms with Gasteiger partial charge < -0.3 is 0 Å². The van der Waals surface area contributed by atoms with Crippen molar-refractivity contribution in [2.45, 2.75) is 11.8 Å². The molecule has 0 amide bonds. The van der Waals surface area contributed by atoms with Crippen molar-refractivity contribution < 1.29 is 13.6 Å². The van der Waals surface area contributed by atoms with Gasteiger partial charge in [0.05, 0.1) is 30.4 Å². The van der Waals surface area contributed by atoms with Gasteiger partial charge >= 0.3 is 0 Å². The van der Waals surface area contributed by atoms with E-state index in [9.17, 15) is 9.18 Å². The third kappa shape index (κ3) is 3.79. The molecule has 0 aliphatic heterocycles. The Morgan fingerprint density at radius 2 is 1.60 bits per heavy atom. The highest BCUT2D eigenvalue weighted by Crippen LogP contribution is 2.32. The van der Waals surface area contributed by atoms with E-state index in [1.165, 1.54) is 19.2 Å². The number of nitrogens with zero attached hydrogens (tertiary/aromatic N) is 1. The SMILES string of the molecule is COOSc1ccc(-c2c(C)n[nH]c(=O)c2-c2ccc(F)cc2)cc1. The van der Waals surface area contributed by atoms with Crippen molar-refractivity contribution in [3.63, 3.8) is 0 Å². The molecule has 0 spiro atoms. The molecule has 0 saturated carbocycles. The van der Waals surface area contributed by atoms with Crippen molar-refractivity contribution in [1.29, 1.82) is 0 Å². The number of aromatic nitrogens is 2. The molecule has 0 bridgehead atoms. The summed E-state index contributed by atoms with van der Waals surface area (Å²) < 4.78 is 18.1. The van der Waals surface area contributed by atoms with Gasteiger partial charge in [-0.1, -0.05) is 24.3 Å². The standard InChI is InChI=1S/C18H15FN2O3S/c1-11-16(12-5-9-15(10-6-12)25-24-23-2)17(18(22)21-20-11)13-3-7-14(19)8-4-13/h3-10H,1-2H3,(H,21,22). The van der Waals surface area contributed by atoms with Gasteiger partial charge in [0.15, 0.2) is 0 Å². The predicted molar refractivity (Wildman–Crippen MR) is 94.4 cm³/mol. The van der Waals surface area contributed by atoms with Crippen LogP contribution in [0.1, 0.15) is 5.69 Å². The normalized spacial score (nSPS) is 10.8. The van der Waals surface area contributed by atoms with Crippen molar-refractivity contribution in [3.8, 4) is 22.3 Å². The zero-order valence-electron chi connectivity index (χ0n) is 13.6. The van der Waals surface area contributed by atoms with E-state index < -0.39 is 0 Å². The van der Waals surface area contributed by atoms with Crippen LogP contribution < -0.4 is 5.56 Å². The number of benzene rings is 2. The van der Waals surface area contributed by atoms with Crippen LogP contribution in [0.3, 0.4) is 0 Å². The fourth-order valence-corrected chi connectivity index (χ4v) is 2.93. The van der Waals surface area contributed by atoms with Gasteiger partial charge in [-0.25, -0.2) is 14.4 Å². The molecule has 0 aliphatic rings. The van der Waals surface area contributed by atoms with Gasteiger partial charge in [0, 0.05) is 10.5 Å². The minimum atomic E-state index is -0.355. The summed E-state index contributed by atoms with van der Waals surface area (Å²) in [5.41, 5.74) is 2.97. The maximum atomic E-state index is 13.2. The monoisotopic (exact) mass is 358 g/mol. The minimum Gasteiger partial charge on any atom is -0.267 e. The lowest BCUT2D eigenvalue weighted by atomic mass is 9.95. The average Bonchev–Trinajstić information content (AvgIpc) is 2.63.